The summed E-state index contributed by atoms with van der Waals surface area (Å²) in [6.07, 6.45) is 0. The Balaban J connectivity index is 0.991. The van der Waals surface area contributed by atoms with E-state index in [-0.39, 0.29) is 0 Å². The molecule has 0 radical (unpaired) electrons. The molecule has 0 unspecified atom stereocenters. The van der Waals surface area contributed by atoms with Gasteiger partial charge >= 0.3 is 0 Å². The molecule has 0 N–H and O–H groups in total. The Morgan fingerprint density at radius 2 is 0.543 bits per heavy atom. The van der Waals surface area contributed by atoms with Gasteiger partial charge in [-0.25, -0.2) is 0 Å². The topological polar surface area (TPSA) is 32.8 Å². The molecular formula is C66H40N2O2. The van der Waals surface area contributed by atoms with Gasteiger partial charge in [-0.2, -0.15) is 0 Å². The van der Waals surface area contributed by atoms with E-state index in [4.69, 9.17) is 8.83 Å². The Morgan fingerprint density at radius 3 is 0.914 bits per heavy atom. The van der Waals surface area contributed by atoms with Crippen LogP contribution >= 0.6 is 0 Å². The van der Waals surface area contributed by atoms with Gasteiger partial charge in [0.2, 0.25) is 0 Å². The Kier molecular flexibility index (Phi) is 8.33. The van der Waals surface area contributed by atoms with Crippen molar-refractivity contribution in [3.05, 3.63) is 243 Å². The Hall–Kier alpha value is -9.38. The second-order valence-corrected chi connectivity index (χ2v) is 18.4. The van der Waals surface area contributed by atoms with E-state index < -0.39 is 0 Å². The molecule has 0 aliphatic carbocycles. The minimum Gasteiger partial charge on any atom is -0.456 e. The summed E-state index contributed by atoms with van der Waals surface area (Å²) in [5.41, 5.74) is 9.70. The highest BCUT2D eigenvalue weighted by Gasteiger charge is 2.27. The molecule has 4 heteroatoms. The fourth-order valence-electron chi connectivity index (χ4n) is 11.5. The van der Waals surface area contributed by atoms with Crippen molar-refractivity contribution in [2.45, 2.75) is 0 Å². The molecule has 2 aromatic heterocycles. The molecule has 13 aromatic carbocycles. The van der Waals surface area contributed by atoms with E-state index in [1.165, 1.54) is 43.1 Å². The lowest BCUT2D eigenvalue weighted by atomic mass is 9.96. The second kappa shape index (κ2) is 15.1. The van der Waals surface area contributed by atoms with E-state index in [9.17, 15) is 0 Å². The monoisotopic (exact) mass is 892 g/mol. The van der Waals surface area contributed by atoms with Gasteiger partial charge in [0.25, 0.3) is 0 Å². The van der Waals surface area contributed by atoms with E-state index in [1.807, 2.05) is 0 Å². The molecule has 0 bridgehead atoms. The lowest BCUT2D eigenvalue weighted by Crippen LogP contribution is -2.11. The predicted octanol–water partition coefficient (Wildman–Crippen LogP) is 19.3. The summed E-state index contributed by atoms with van der Waals surface area (Å²) in [6, 6.07) is 87.4. The number of nitrogens with zero attached hydrogens (tertiary/aromatic N) is 2. The van der Waals surface area contributed by atoms with Crippen LogP contribution in [0.15, 0.2) is 251 Å². The van der Waals surface area contributed by atoms with Gasteiger partial charge in [0, 0.05) is 83.4 Å². The Morgan fingerprint density at radius 1 is 0.229 bits per heavy atom. The molecule has 15 rings (SSSR count). The van der Waals surface area contributed by atoms with E-state index in [2.05, 4.69) is 252 Å². The predicted molar refractivity (Wildman–Crippen MR) is 295 cm³/mol. The van der Waals surface area contributed by atoms with Crippen LogP contribution in [0.25, 0.3) is 109 Å². The molecule has 326 valence electrons. The molecule has 0 aliphatic heterocycles. The van der Waals surface area contributed by atoms with E-state index in [1.54, 1.807) is 0 Å². The summed E-state index contributed by atoms with van der Waals surface area (Å²) in [4.78, 5) is 4.87. The molecule has 15 aromatic rings. The maximum absolute atomic E-state index is 7.05. The summed E-state index contributed by atoms with van der Waals surface area (Å²) in [5, 5.41) is 18.3. The van der Waals surface area contributed by atoms with Crippen LogP contribution in [0.1, 0.15) is 0 Å². The van der Waals surface area contributed by atoms with Crippen LogP contribution in [0, 0.1) is 0 Å². The first-order valence-electron chi connectivity index (χ1n) is 23.9. The average Bonchev–Trinajstić information content (AvgIpc) is 3.97. The van der Waals surface area contributed by atoms with Gasteiger partial charge < -0.3 is 18.6 Å². The Bertz CT molecular complexity index is 4210. The minimum atomic E-state index is 0.781. The zero-order valence-electron chi connectivity index (χ0n) is 37.8. The molecule has 0 atom stereocenters. The molecule has 0 fully saturated rings. The lowest BCUT2D eigenvalue weighted by molar-refractivity contribution is 0.656. The number of furan rings is 2. The highest BCUT2D eigenvalue weighted by molar-refractivity contribution is 6.29. The lowest BCUT2D eigenvalue weighted by Gasteiger charge is -2.29. The van der Waals surface area contributed by atoms with E-state index in [0.29, 0.717) is 0 Å². The molecule has 0 amide bonds. The van der Waals surface area contributed by atoms with Crippen molar-refractivity contribution in [1.82, 2.24) is 0 Å². The maximum Gasteiger partial charge on any atom is 0.139 e. The van der Waals surface area contributed by atoms with E-state index >= 15 is 0 Å². The smallest absolute Gasteiger partial charge is 0.139 e. The molecule has 2 heterocycles. The normalized spacial score (nSPS) is 12.0. The average molecular weight is 893 g/mol. The minimum absolute atomic E-state index is 0.781. The number of fused-ring (bicyclic) bond motifs is 14. The first kappa shape index (κ1) is 38.7. The fourth-order valence-corrected chi connectivity index (χ4v) is 11.5. The van der Waals surface area contributed by atoms with Crippen LogP contribution in [0.5, 0.6) is 0 Å². The highest BCUT2D eigenvalue weighted by atomic mass is 16.3. The third-order valence-corrected chi connectivity index (χ3v) is 14.5. The van der Waals surface area contributed by atoms with Crippen LogP contribution < -0.4 is 9.80 Å². The van der Waals surface area contributed by atoms with Crippen LogP contribution in [0.3, 0.4) is 0 Å². The standard InChI is InChI=1S/C66H40N2O2/c1-3-23-45(24-4-1)67(65-47-27-11-7-19-41(47)35-42-20-8-12-28-48(42)65)57-38-61-63(53-33-17-15-31-51(53)57)55-37-56-60(40-59(55)69-61)70-62-39-58(52-32-16-18-34-54(52)64(56)62)68(46-25-5-2-6-26-46)66-49-29-13-9-21-43(49)36-44-22-10-14-30-50(44)66/h1-40H. The van der Waals surface area contributed by atoms with Gasteiger partial charge in [-0.05, 0) is 74.8 Å². The van der Waals surface area contributed by atoms with Crippen molar-refractivity contribution < 1.29 is 8.83 Å². The zero-order chi connectivity index (χ0) is 45.9. The van der Waals surface area contributed by atoms with Crippen molar-refractivity contribution in [2.24, 2.45) is 0 Å². The first-order valence-corrected chi connectivity index (χ1v) is 23.9. The largest absolute Gasteiger partial charge is 0.456 e. The van der Waals surface area contributed by atoms with Gasteiger partial charge in [-0.1, -0.05) is 182 Å². The van der Waals surface area contributed by atoms with Crippen molar-refractivity contribution in [3.63, 3.8) is 0 Å². The van der Waals surface area contributed by atoms with Gasteiger partial charge in [-0.15, -0.1) is 0 Å². The first-order chi connectivity index (χ1) is 34.7. The van der Waals surface area contributed by atoms with Crippen LogP contribution in [0.4, 0.5) is 34.1 Å². The molecule has 0 aliphatic rings. The number of benzene rings is 13. The van der Waals surface area contributed by atoms with Crippen LogP contribution in [0.2, 0.25) is 0 Å². The highest BCUT2D eigenvalue weighted by Crippen LogP contribution is 2.52. The van der Waals surface area contributed by atoms with Gasteiger partial charge in [0.05, 0.1) is 22.7 Å². The van der Waals surface area contributed by atoms with Crippen molar-refractivity contribution in [1.29, 1.82) is 0 Å². The van der Waals surface area contributed by atoms with Gasteiger partial charge in [-0.3, -0.25) is 0 Å². The summed E-state index contributed by atoms with van der Waals surface area (Å²) in [7, 11) is 0. The quantitative estimate of drug-likeness (QED) is 0.156. The molecule has 0 saturated carbocycles. The van der Waals surface area contributed by atoms with Gasteiger partial charge in [0.15, 0.2) is 0 Å². The molecule has 70 heavy (non-hydrogen) atoms. The second-order valence-electron chi connectivity index (χ2n) is 18.4. The number of anilines is 6. The molecule has 0 saturated heterocycles. The number of hydrogen-bond donors (Lipinski definition) is 0. The number of para-hydroxylation sites is 2. The van der Waals surface area contributed by atoms with Crippen LogP contribution in [-0.2, 0) is 0 Å². The Labute approximate surface area is 402 Å². The van der Waals surface area contributed by atoms with E-state index in [0.717, 1.165) is 99.5 Å². The number of rotatable bonds is 6. The summed E-state index contributed by atoms with van der Waals surface area (Å²) in [6.45, 7) is 0. The maximum atomic E-state index is 7.05. The number of hydrogen-bond acceptors (Lipinski definition) is 4. The third-order valence-electron chi connectivity index (χ3n) is 14.5. The van der Waals surface area contributed by atoms with Gasteiger partial charge in [0.1, 0.15) is 22.3 Å². The summed E-state index contributed by atoms with van der Waals surface area (Å²) >= 11 is 0. The van der Waals surface area contributed by atoms with Crippen LogP contribution in [-0.4, -0.2) is 0 Å². The molecule has 0 spiro atoms. The third kappa shape index (κ3) is 5.71. The zero-order valence-corrected chi connectivity index (χ0v) is 37.8. The summed E-state index contributed by atoms with van der Waals surface area (Å²) in [5.74, 6) is 0. The van der Waals surface area contributed by atoms with Crippen molar-refractivity contribution in [2.75, 3.05) is 9.80 Å². The molecular weight excluding hydrogens is 853 g/mol. The molecule has 4 nitrogen and oxygen atoms in total. The van der Waals surface area contributed by atoms with Crippen molar-refractivity contribution in [3.8, 4) is 0 Å². The fraction of sp³-hybridized carbons (Fsp3) is 0. The SMILES string of the molecule is c1ccc(N(c2c3ccccc3cc3ccccc23)c2cc3oc4cc5oc6cc(N(c7ccccc7)c7c8ccccc8cc8ccccc78)c7ccccc7c6c5cc4c3c3ccccc23)cc1. The summed E-state index contributed by atoms with van der Waals surface area (Å²) < 4.78 is 14.1. The van der Waals surface area contributed by atoms with Crippen molar-refractivity contribution >= 4 is 143 Å².